The van der Waals surface area contributed by atoms with E-state index in [0.29, 0.717) is 47.2 Å². The lowest BCUT2D eigenvalue weighted by molar-refractivity contribution is 0.137. The molecule has 2 aromatic rings. The third-order valence-electron chi connectivity index (χ3n) is 4.98. The van der Waals surface area contributed by atoms with Crippen LogP contribution in [0.1, 0.15) is 24.1 Å². The van der Waals surface area contributed by atoms with Crippen LogP contribution in [0.4, 0.5) is 0 Å². The lowest BCUT2D eigenvalue weighted by Crippen LogP contribution is -2.45. The summed E-state index contributed by atoms with van der Waals surface area (Å²) in [6.45, 7) is 0.602. The quantitative estimate of drug-likeness (QED) is 0.698. The first-order valence-electron chi connectivity index (χ1n) is 8.60. The Balaban J connectivity index is 1.58. The van der Waals surface area contributed by atoms with Gasteiger partial charge in [-0.1, -0.05) is 17.7 Å². The summed E-state index contributed by atoms with van der Waals surface area (Å²) in [5, 5.41) is 9.35. The largest absolute Gasteiger partial charge is 0.396 e. The SMILES string of the molecule is NC1=NCc2ccc(-c3ccc(S(=O)(=O)NC4CC(CO)C4)cc3Cl)nc21. The van der Waals surface area contributed by atoms with Gasteiger partial charge in [0, 0.05) is 23.8 Å². The predicted octanol–water partition coefficient (Wildman–Crippen LogP) is 1.67. The number of fused-ring (bicyclic) bond motifs is 1. The van der Waals surface area contributed by atoms with E-state index in [1.54, 1.807) is 6.07 Å². The predicted molar refractivity (Wildman–Crippen MR) is 103 cm³/mol. The van der Waals surface area contributed by atoms with Gasteiger partial charge < -0.3 is 10.8 Å². The minimum atomic E-state index is -3.67. The van der Waals surface area contributed by atoms with Crippen LogP contribution < -0.4 is 10.5 Å². The Morgan fingerprint density at radius 1 is 1.26 bits per heavy atom. The van der Waals surface area contributed by atoms with Gasteiger partial charge in [-0.05, 0) is 43.0 Å². The number of aliphatic hydroxyl groups excluding tert-OH is 1. The van der Waals surface area contributed by atoms with Crippen LogP contribution in [0.2, 0.25) is 5.02 Å². The van der Waals surface area contributed by atoms with E-state index in [2.05, 4.69) is 14.7 Å². The summed E-state index contributed by atoms with van der Waals surface area (Å²) >= 11 is 6.36. The molecule has 142 valence electrons. The van der Waals surface area contributed by atoms with Crippen molar-refractivity contribution in [2.75, 3.05) is 6.61 Å². The molecule has 0 bridgehead atoms. The zero-order valence-electron chi connectivity index (χ0n) is 14.4. The molecule has 27 heavy (non-hydrogen) atoms. The first-order valence-corrected chi connectivity index (χ1v) is 10.5. The van der Waals surface area contributed by atoms with Crippen molar-refractivity contribution in [3.63, 3.8) is 0 Å². The van der Waals surface area contributed by atoms with E-state index < -0.39 is 10.0 Å². The second-order valence-electron chi connectivity index (χ2n) is 6.89. The van der Waals surface area contributed by atoms with Crippen molar-refractivity contribution in [1.82, 2.24) is 9.71 Å². The lowest BCUT2D eigenvalue weighted by Gasteiger charge is -2.34. The molecule has 0 amide bonds. The minimum Gasteiger partial charge on any atom is -0.396 e. The van der Waals surface area contributed by atoms with Gasteiger partial charge in [0.05, 0.1) is 22.2 Å². The summed E-state index contributed by atoms with van der Waals surface area (Å²) in [5.41, 5.74) is 8.69. The number of nitrogens with zero attached hydrogens (tertiary/aromatic N) is 2. The Kier molecular flexibility index (Phi) is 4.67. The fourth-order valence-corrected chi connectivity index (χ4v) is 5.00. The highest BCUT2D eigenvalue weighted by Gasteiger charge is 2.32. The number of sulfonamides is 1. The molecule has 2 heterocycles. The lowest BCUT2D eigenvalue weighted by atomic mass is 9.82. The third kappa shape index (κ3) is 3.45. The number of nitrogens with one attached hydrogen (secondary N) is 1. The van der Waals surface area contributed by atoms with Crippen LogP contribution in [-0.2, 0) is 16.6 Å². The van der Waals surface area contributed by atoms with Gasteiger partial charge in [-0.15, -0.1) is 0 Å². The maximum atomic E-state index is 12.5. The summed E-state index contributed by atoms with van der Waals surface area (Å²) in [5.74, 6) is 0.568. The topological polar surface area (TPSA) is 118 Å². The van der Waals surface area contributed by atoms with Crippen LogP contribution in [0.5, 0.6) is 0 Å². The molecule has 1 aliphatic carbocycles. The molecule has 2 aliphatic rings. The average molecular weight is 407 g/mol. The molecule has 9 heteroatoms. The molecule has 1 aromatic heterocycles. The number of pyridine rings is 1. The summed E-state index contributed by atoms with van der Waals surface area (Å²) in [6, 6.07) is 8.16. The number of amidine groups is 1. The minimum absolute atomic E-state index is 0.0851. The summed E-state index contributed by atoms with van der Waals surface area (Å²) in [6.07, 6.45) is 1.28. The highest BCUT2D eigenvalue weighted by Crippen LogP contribution is 2.32. The van der Waals surface area contributed by atoms with Crippen LogP contribution >= 0.6 is 11.6 Å². The van der Waals surface area contributed by atoms with Crippen molar-refractivity contribution in [3.05, 3.63) is 46.6 Å². The van der Waals surface area contributed by atoms with E-state index >= 15 is 0 Å². The molecular weight excluding hydrogens is 388 g/mol. The van der Waals surface area contributed by atoms with Gasteiger partial charge in [0.2, 0.25) is 10.0 Å². The van der Waals surface area contributed by atoms with Crippen molar-refractivity contribution in [2.45, 2.75) is 30.3 Å². The fraction of sp³-hybridized carbons (Fsp3) is 0.333. The number of aromatic nitrogens is 1. The fourth-order valence-electron chi connectivity index (χ4n) is 3.37. The number of hydrogen-bond donors (Lipinski definition) is 3. The van der Waals surface area contributed by atoms with E-state index in [1.807, 2.05) is 12.1 Å². The molecule has 1 aliphatic heterocycles. The van der Waals surface area contributed by atoms with Gasteiger partial charge in [-0.25, -0.2) is 18.1 Å². The zero-order chi connectivity index (χ0) is 19.2. The number of benzene rings is 1. The van der Waals surface area contributed by atoms with E-state index in [-0.39, 0.29) is 23.5 Å². The molecule has 4 rings (SSSR count). The summed E-state index contributed by atoms with van der Waals surface area (Å²) in [4.78, 5) is 8.78. The Morgan fingerprint density at radius 2 is 2.04 bits per heavy atom. The first kappa shape index (κ1) is 18.4. The second-order valence-corrected chi connectivity index (χ2v) is 9.01. The number of nitrogens with two attached hydrogens (primary N) is 1. The number of hydrogen-bond acceptors (Lipinski definition) is 6. The van der Waals surface area contributed by atoms with Crippen molar-refractivity contribution in [2.24, 2.45) is 16.6 Å². The van der Waals surface area contributed by atoms with E-state index in [0.717, 1.165) is 5.56 Å². The highest BCUT2D eigenvalue weighted by molar-refractivity contribution is 7.89. The Morgan fingerprint density at radius 3 is 2.74 bits per heavy atom. The molecule has 0 atom stereocenters. The summed E-state index contributed by atoms with van der Waals surface area (Å²) < 4.78 is 27.7. The molecule has 0 spiro atoms. The van der Waals surface area contributed by atoms with E-state index in [4.69, 9.17) is 22.4 Å². The standard InChI is InChI=1S/C18H19ClN4O3S/c19-15-7-13(27(25,26)23-12-5-10(6-12)9-24)2-3-14(15)16-4-1-11-8-21-18(20)17(11)22-16/h1-4,7,10,12,23-24H,5-6,8-9H2,(H2,20,21). The molecule has 0 unspecified atom stereocenters. The van der Waals surface area contributed by atoms with E-state index in [1.165, 1.54) is 12.1 Å². The average Bonchev–Trinajstić information content (AvgIpc) is 2.98. The third-order valence-corrected chi connectivity index (χ3v) is 6.81. The Labute approximate surface area is 162 Å². The van der Waals surface area contributed by atoms with E-state index in [9.17, 15) is 8.42 Å². The van der Waals surface area contributed by atoms with Crippen LogP contribution in [0, 0.1) is 5.92 Å². The molecule has 1 aromatic carbocycles. The Hall–Kier alpha value is -2.00. The van der Waals surface area contributed by atoms with Gasteiger partial charge in [-0.3, -0.25) is 4.99 Å². The van der Waals surface area contributed by atoms with Crippen LogP contribution in [0.15, 0.2) is 40.2 Å². The molecule has 0 radical (unpaired) electrons. The van der Waals surface area contributed by atoms with Gasteiger partial charge in [0.25, 0.3) is 0 Å². The monoisotopic (exact) mass is 406 g/mol. The number of halogens is 1. The Bertz CT molecular complexity index is 1030. The number of aliphatic hydroxyl groups is 1. The molecule has 7 nitrogen and oxygen atoms in total. The first-order chi connectivity index (χ1) is 12.9. The van der Waals surface area contributed by atoms with Gasteiger partial charge in [0.15, 0.2) is 0 Å². The highest BCUT2D eigenvalue weighted by atomic mass is 35.5. The molecule has 1 fully saturated rings. The molecule has 1 saturated carbocycles. The van der Waals surface area contributed by atoms with Gasteiger partial charge >= 0.3 is 0 Å². The van der Waals surface area contributed by atoms with Crippen LogP contribution in [-0.4, -0.2) is 37.0 Å². The maximum Gasteiger partial charge on any atom is 0.240 e. The number of rotatable bonds is 5. The number of aliphatic imine (C=N–C) groups is 1. The van der Waals surface area contributed by atoms with Gasteiger partial charge in [0.1, 0.15) is 11.5 Å². The van der Waals surface area contributed by atoms with Crippen molar-refractivity contribution in [3.8, 4) is 11.3 Å². The zero-order valence-corrected chi connectivity index (χ0v) is 16.0. The van der Waals surface area contributed by atoms with Crippen molar-refractivity contribution < 1.29 is 13.5 Å². The molecule has 0 saturated heterocycles. The van der Waals surface area contributed by atoms with Crippen LogP contribution in [0.3, 0.4) is 0 Å². The smallest absolute Gasteiger partial charge is 0.240 e. The van der Waals surface area contributed by atoms with Crippen molar-refractivity contribution >= 4 is 27.5 Å². The molecular formula is C18H19ClN4O3S. The summed E-state index contributed by atoms with van der Waals surface area (Å²) in [7, 11) is -3.67. The maximum absolute atomic E-state index is 12.5. The second kappa shape index (κ2) is 6.87. The normalized spacial score (nSPS) is 21.5. The van der Waals surface area contributed by atoms with Crippen LogP contribution in [0.25, 0.3) is 11.3 Å². The molecule has 4 N–H and O–H groups in total. The van der Waals surface area contributed by atoms with Crippen molar-refractivity contribution in [1.29, 1.82) is 0 Å². The van der Waals surface area contributed by atoms with Gasteiger partial charge in [-0.2, -0.15) is 0 Å².